The van der Waals surface area contributed by atoms with Gasteiger partial charge in [-0.25, -0.2) is 9.97 Å². The number of hydrogen-bond donors (Lipinski definition) is 1. The third-order valence-electron chi connectivity index (χ3n) is 2.54. The van der Waals surface area contributed by atoms with E-state index in [0.717, 1.165) is 16.1 Å². The second-order valence-corrected chi connectivity index (χ2v) is 5.63. The van der Waals surface area contributed by atoms with Crippen LogP contribution in [0.2, 0.25) is 0 Å². The van der Waals surface area contributed by atoms with E-state index >= 15 is 0 Å². The molecule has 0 saturated heterocycles. The Kier molecular flexibility index (Phi) is 4.36. The Morgan fingerprint density at radius 3 is 3.00 bits per heavy atom. The fourth-order valence-electron chi connectivity index (χ4n) is 1.56. The summed E-state index contributed by atoms with van der Waals surface area (Å²) in [4.78, 5) is 20.0. The molecule has 0 aromatic carbocycles. The zero-order valence-electron chi connectivity index (χ0n) is 11.3. The van der Waals surface area contributed by atoms with Crippen molar-refractivity contribution in [3.63, 3.8) is 0 Å². The lowest BCUT2D eigenvalue weighted by molar-refractivity contribution is -0.118. The lowest BCUT2D eigenvalue weighted by Crippen LogP contribution is -2.28. The monoisotopic (exact) mass is 279 g/mol. The van der Waals surface area contributed by atoms with Crippen LogP contribution in [0.15, 0.2) is 17.6 Å². The van der Waals surface area contributed by atoms with E-state index in [1.165, 1.54) is 18.1 Å². The number of carbonyl (C=O) groups is 1. The zero-order chi connectivity index (χ0) is 13.8. The summed E-state index contributed by atoms with van der Waals surface area (Å²) >= 11 is 1.41. The molecule has 0 aliphatic carbocycles. The van der Waals surface area contributed by atoms with Gasteiger partial charge in [0.1, 0.15) is 11.4 Å². The summed E-state index contributed by atoms with van der Waals surface area (Å²) in [6.07, 6.45) is 3.22. The van der Waals surface area contributed by atoms with Gasteiger partial charge in [-0.1, -0.05) is 25.6 Å². The van der Waals surface area contributed by atoms with E-state index in [-0.39, 0.29) is 5.91 Å². The third-order valence-corrected chi connectivity index (χ3v) is 3.55. The van der Waals surface area contributed by atoms with Crippen LogP contribution in [0.4, 0.5) is 0 Å². The molecule has 0 radical (unpaired) electrons. The first kappa shape index (κ1) is 13.8. The van der Waals surface area contributed by atoms with Gasteiger partial charge in [-0.2, -0.15) is 5.10 Å². The van der Waals surface area contributed by atoms with Crippen LogP contribution in [0, 0.1) is 5.92 Å². The number of nitrogens with zero attached hydrogens (tertiary/aromatic N) is 4. The van der Waals surface area contributed by atoms with Crippen molar-refractivity contribution in [3.05, 3.63) is 12.5 Å². The van der Waals surface area contributed by atoms with Gasteiger partial charge in [-0.3, -0.25) is 9.48 Å². The number of aromatic nitrogens is 4. The molecule has 0 fully saturated rings. The van der Waals surface area contributed by atoms with Gasteiger partial charge < -0.3 is 5.32 Å². The summed E-state index contributed by atoms with van der Waals surface area (Å²) in [6.45, 7) is 4.83. The van der Waals surface area contributed by atoms with Gasteiger partial charge in [-0.05, 0) is 5.92 Å². The van der Waals surface area contributed by atoms with Crippen LogP contribution in [-0.4, -0.2) is 38.0 Å². The Morgan fingerprint density at radius 1 is 1.47 bits per heavy atom. The zero-order valence-corrected chi connectivity index (χ0v) is 12.1. The van der Waals surface area contributed by atoms with Crippen LogP contribution in [0.5, 0.6) is 0 Å². The van der Waals surface area contributed by atoms with Crippen molar-refractivity contribution in [2.45, 2.75) is 18.9 Å². The van der Waals surface area contributed by atoms with E-state index < -0.39 is 0 Å². The standard InChI is InChI=1S/C12H17N5OS/c1-8(2)4-13-10(18)6-19-12-9-5-16-17(3)11(9)14-7-15-12/h5,7-8H,4,6H2,1-3H3,(H,13,18). The molecule has 0 aliphatic rings. The Bertz CT molecular complexity index is 581. The summed E-state index contributed by atoms with van der Waals surface area (Å²) < 4.78 is 1.69. The van der Waals surface area contributed by atoms with Crippen molar-refractivity contribution in [2.24, 2.45) is 13.0 Å². The van der Waals surface area contributed by atoms with Crippen molar-refractivity contribution >= 4 is 28.7 Å². The van der Waals surface area contributed by atoms with Crippen molar-refractivity contribution < 1.29 is 4.79 Å². The molecule has 1 N–H and O–H groups in total. The molecule has 2 rings (SSSR count). The van der Waals surface area contributed by atoms with E-state index in [1.807, 2.05) is 7.05 Å². The van der Waals surface area contributed by atoms with Gasteiger partial charge in [0.15, 0.2) is 5.65 Å². The maximum absolute atomic E-state index is 11.7. The number of fused-ring (bicyclic) bond motifs is 1. The maximum atomic E-state index is 11.7. The number of carbonyl (C=O) groups excluding carboxylic acids is 1. The SMILES string of the molecule is CC(C)CNC(=O)CSc1ncnc2c1cnn2C. The molecule has 19 heavy (non-hydrogen) atoms. The molecule has 0 atom stereocenters. The Morgan fingerprint density at radius 2 is 2.26 bits per heavy atom. The molecule has 7 heteroatoms. The van der Waals surface area contributed by atoms with Crippen molar-refractivity contribution in [3.8, 4) is 0 Å². The quantitative estimate of drug-likeness (QED) is 0.658. The fourth-order valence-corrected chi connectivity index (χ4v) is 2.35. The minimum atomic E-state index is 0.0225. The van der Waals surface area contributed by atoms with E-state index in [4.69, 9.17) is 0 Å². The van der Waals surface area contributed by atoms with Gasteiger partial charge in [0.2, 0.25) is 5.91 Å². The lowest BCUT2D eigenvalue weighted by atomic mass is 10.2. The first-order valence-electron chi connectivity index (χ1n) is 6.10. The summed E-state index contributed by atoms with van der Waals surface area (Å²) in [7, 11) is 1.83. The van der Waals surface area contributed by atoms with E-state index in [0.29, 0.717) is 18.2 Å². The predicted molar refractivity (Wildman–Crippen MR) is 74.9 cm³/mol. The molecule has 0 spiro atoms. The highest BCUT2D eigenvalue weighted by Crippen LogP contribution is 2.23. The van der Waals surface area contributed by atoms with Crippen LogP contribution in [-0.2, 0) is 11.8 Å². The average molecular weight is 279 g/mol. The smallest absolute Gasteiger partial charge is 0.230 e. The molecule has 6 nitrogen and oxygen atoms in total. The highest BCUT2D eigenvalue weighted by atomic mass is 32.2. The normalized spacial score (nSPS) is 11.2. The minimum Gasteiger partial charge on any atom is -0.355 e. The van der Waals surface area contributed by atoms with Gasteiger partial charge in [-0.15, -0.1) is 0 Å². The topological polar surface area (TPSA) is 72.7 Å². The molecule has 2 aromatic heterocycles. The van der Waals surface area contributed by atoms with E-state index in [9.17, 15) is 4.79 Å². The molecule has 0 unspecified atom stereocenters. The molecular weight excluding hydrogens is 262 g/mol. The largest absolute Gasteiger partial charge is 0.355 e. The summed E-state index contributed by atoms with van der Waals surface area (Å²) in [5.41, 5.74) is 0.778. The number of amides is 1. The number of aryl methyl sites for hydroxylation is 1. The fraction of sp³-hybridized carbons (Fsp3) is 0.500. The summed E-state index contributed by atoms with van der Waals surface area (Å²) in [6, 6.07) is 0. The van der Waals surface area contributed by atoms with E-state index in [1.54, 1.807) is 10.9 Å². The lowest BCUT2D eigenvalue weighted by Gasteiger charge is -2.07. The Labute approximate surface area is 116 Å². The van der Waals surface area contributed by atoms with Crippen molar-refractivity contribution in [2.75, 3.05) is 12.3 Å². The second kappa shape index (κ2) is 6.01. The van der Waals surface area contributed by atoms with Crippen LogP contribution in [0.1, 0.15) is 13.8 Å². The van der Waals surface area contributed by atoms with Crippen LogP contribution >= 0.6 is 11.8 Å². The van der Waals surface area contributed by atoms with Gasteiger partial charge in [0.05, 0.1) is 17.3 Å². The maximum Gasteiger partial charge on any atom is 0.230 e. The number of nitrogens with one attached hydrogen (secondary N) is 1. The summed E-state index contributed by atoms with van der Waals surface area (Å²) in [5, 5.41) is 8.70. The number of hydrogen-bond acceptors (Lipinski definition) is 5. The van der Waals surface area contributed by atoms with E-state index in [2.05, 4.69) is 34.2 Å². The van der Waals surface area contributed by atoms with Crippen molar-refractivity contribution in [1.82, 2.24) is 25.1 Å². The summed E-state index contributed by atoms with van der Waals surface area (Å²) in [5.74, 6) is 0.834. The Hall–Kier alpha value is -1.63. The molecule has 102 valence electrons. The second-order valence-electron chi connectivity index (χ2n) is 4.67. The van der Waals surface area contributed by atoms with Crippen LogP contribution in [0.3, 0.4) is 0 Å². The average Bonchev–Trinajstić information content (AvgIpc) is 2.76. The molecule has 2 aromatic rings. The van der Waals surface area contributed by atoms with Crippen molar-refractivity contribution in [1.29, 1.82) is 0 Å². The number of thioether (sulfide) groups is 1. The first-order chi connectivity index (χ1) is 9.08. The highest BCUT2D eigenvalue weighted by Gasteiger charge is 2.10. The molecule has 0 saturated carbocycles. The predicted octanol–water partition coefficient (Wildman–Crippen LogP) is 1.23. The molecule has 0 aliphatic heterocycles. The first-order valence-corrected chi connectivity index (χ1v) is 7.08. The van der Waals surface area contributed by atoms with Crippen LogP contribution < -0.4 is 5.32 Å². The molecule has 1 amide bonds. The van der Waals surface area contributed by atoms with Gasteiger partial charge >= 0.3 is 0 Å². The third kappa shape index (κ3) is 3.44. The minimum absolute atomic E-state index is 0.0225. The highest BCUT2D eigenvalue weighted by molar-refractivity contribution is 8.00. The molecular formula is C12H17N5OS. The van der Waals surface area contributed by atoms with Crippen LogP contribution in [0.25, 0.3) is 11.0 Å². The number of rotatable bonds is 5. The Balaban J connectivity index is 2.00. The molecule has 0 bridgehead atoms. The van der Waals surface area contributed by atoms with Gasteiger partial charge in [0, 0.05) is 13.6 Å². The van der Waals surface area contributed by atoms with Gasteiger partial charge in [0.25, 0.3) is 0 Å². The molecule has 2 heterocycles.